The van der Waals surface area contributed by atoms with Gasteiger partial charge in [0, 0.05) is 30.6 Å². The lowest BCUT2D eigenvalue weighted by Gasteiger charge is -2.09. The van der Waals surface area contributed by atoms with Gasteiger partial charge in [0.15, 0.2) is 6.61 Å². The molecular formula is C19H23NO4. The molecule has 0 aliphatic carbocycles. The van der Waals surface area contributed by atoms with Crippen LogP contribution >= 0.6 is 0 Å². The SMILES string of the molecule is COCCn1c(C)cc(C(=O)COC(=O)Cc2ccccc2)c1C. The van der Waals surface area contributed by atoms with E-state index in [9.17, 15) is 9.59 Å². The molecule has 0 saturated heterocycles. The van der Waals surface area contributed by atoms with Crippen molar-refractivity contribution in [1.29, 1.82) is 0 Å². The number of Topliss-reactive ketones (excluding diaryl/α,β-unsaturated/α-hetero) is 1. The Morgan fingerprint density at radius 1 is 1.12 bits per heavy atom. The molecule has 0 spiro atoms. The Labute approximate surface area is 142 Å². The number of carbonyl (C=O) groups is 2. The fourth-order valence-corrected chi connectivity index (χ4v) is 2.65. The van der Waals surface area contributed by atoms with E-state index in [1.807, 2.05) is 54.8 Å². The third-order valence-corrected chi connectivity index (χ3v) is 3.95. The van der Waals surface area contributed by atoms with E-state index in [1.165, 1.54) is 0 Å². The molecule has 0 aliphatic heterocycles. The van der Waals surface area contributed by atoms with Gasteiger partial charge in [0.25, 0.3) is 0 Å². The number of aromatic nitrogens is 1. The first-order valence-electron chi connectivity index (χ1n) is 7.91. The molecule has 0 unspecified atom stereocenters. The molecule has 0 amide bonds. The summed E-state index contributed by atoms with van der Waals surface area (Å²) in [6, 6.07) is 11.2. The molecule has 1 heterocycles. The van der Waals surface area contributed by atoms with Crippen molar-refractivity contribution in [3.8, 4) is 0 Å². The molecule has 0 atom stereocenters. The molecule has 1 aromatic heterocycles. The highest BCUT2D eigenvalue weighted by Gasteiger charge is 2.17. The van der Waals surface area contributed by atoms with Crippen molar-refractivity contribution in [2.75, 3.05) is 20.3 Å². The molecule has 0 saturated carbocycles. The maximum Gasteiger partial charge on any atom is 0.310 e. The van der Waals surface area contributed by atoms with E-state index in [0.717, 1.165) is 17.0 Å². The molecule has 0 fully saturated rings. The lowest BCUT2D eigenvalue weighted by Crippen LogP contribution is -2.16. The number of hydrogen-bond donors (Lipinski definition) is 0. The van der Waals surface area contributed by atoms with Gasteiger partial charge < -0.3 is 14.0 Å². The second kappa shape index (κ2) is 8.45. The minimum atomic E-state index is -0.400. The fourth-order valence-electron chi connectivity index (χ4n) is 2.65. The van der Waals surface area contributed by atoms with Gasteiger partial charge in [-0.25, -0.2) is 0 Å². The maximum atomic E-state index is 12.3. The largest absolute Gasteiger partial charge is 0.457 e. The number of esters is 1. The van der Waals surface area contributed by atoms with Crippen LogP contribution in [0, 0.1) is 13.8 Å². The Morgan fingerprint density at radius 3 is 2.50 bits per heavy atom. The van der Waals surface area contributed by atoms with E-state index in [4.69, 9.17) is 9.47 Å². The molecule has 2 aromatic rings. The highest BCUT2D eigenvalue weighted by atomic mass is 16.5. The van der Waals surface area contributed by atoms with Crippen LogP contribution in [0.2, 0.25) is 0 Å². The van der Waals surface area contributed by atoms with E-state index >= 15 is 0 Å². The summed E-state index contributed by atoms with van der Waals surface area (Å²) < 4.78 is 12.2. The highest BCUT2D eigenvalue weighted by Crippen LogP contribution is 2.16. The molecule has 24 heavy (non-hydrogen) atoms. The Morgan fingerprint density at radius 2 is 1.83 bits per heavy atom. The van der Waals surface area contributed by atoms with Crippen LogP contribution < -0.4 is 0 Å². The van der Waals surface area contributed by atoms with Crippen LogP contribution in [0.15, 0.2) is 36.4 Å². The lowest BCUT2D eigenvalue weighted by molar-refractivity contribution is -0.141. The van der Waals surface area contributed by atoms with Crippen molar-refractivity contribution in [3.05, 3.63) is 58.9 Å². The summed E-state index contributed by atoms with van der Waals surface area (Å²) >= 11 is 0. The van der Waals surface area contributed by atoms with Crippen LogP contribution in [0.25, 0.3) is 0 Å². The molecule has 0 bridgehead atoms. The molecule has 5 heteroatoms. The van der Waals surface area contributed by atoms with E-state index in [1.54, 1.807) is 7.11 Å². The van der Waals surface area contributed by atoms with Crippen LogP contribution in [-0.4, -0.2) is 36.6 Å². The standard InChI is InChI=1S/C19H23NO4/c1-14-11-17(15(2)20(14)9-10-23-3)18(21)13-24-19(22)12-16-7-5-4-6-8-16/h4-8,11H,9-10,12-13H2,1-3H3. The third-order valence-electron chi connectivity index (χ3n) is 3.95. The van der Waals surface area contributed by atoms with Crippen molar-refractivity contribution in [1.82, 2.24) is 4.57 Å². The monoisotopic (exact) mass is 329 g/mol. The van der Waals surface area contributed by atoms with E-state index < -0.39 is 5.97 Å². The van der Waals surface area contributed by atoms with Crippen molar-refractivity contribution in [3.63, 3.8) is 0 Å². The minimum absolute atomic E-state index is 0.168. The molecule has 0 N–H and O–H groups in total. The molecule has 1 aromatic carbocycles. The topological polar surface area (TPSA) is 57.5 Å². The predicted octanol–water partition coefficient (Wildman–Crippen LogP) is 2.72. The van der Waals surface area contributed by atoms with Crippen molar-refractivity contribution in [2.24, 2.45) is 0 Å². The van der Waals surface area contributed by atoms with Gasteiger partial charge in [0.1, 0.15) is 0 Å². The highest BCUT2D eigenvalue weighted by molar-refractivity contribution is 5.99. The number of carbonyl (C=O) groups excluding carboxylic acids is 2. The Balaban J connectivity index is 1.94. The van der Waals surface area contributed by atoms with Crippen LogP contribution in [0.1, 0.15) is 27.3 Å². The quantitative estimate of drug-likeness (QED) is 0.552. The van der Waals surface area contributed by atoms with Crippen LogP contribution in [-0.2, 0) is 27.2 Å². The van der Waals surface area contributed by atoms with Gasteiger partial charge in [-0.1, -0.05) is 30.3 Å². The van der Waals surface area contributed by atoms with Gasteiger partial charge in [0.2, 0.25) is 5.78 Å². The maximum absolute atomic E-state index is 12.3. The van der Waals surface area contributed by atoms with Gasteiger partial charge in [-0.3, -0.25) is 9.59 Å². The number of ketones is 1. The average Bonchev–Trinajstić information content (AvgIpc) is 2.86. The lowest BCUT2D eigenvalue weighted by atomic mass is 10.1. The molecule has 0 radical (unpaired) electrons. The fraction of sp³-hybridized carbons (Fsp3) is 0.368. The zero-order chi connectivity index (χ0) is 17.5. The first-order valence-corrected chi connectivity index (χ1v) is 7.91. The van der Waals surface area contributed by atoms with Crippen LogP contribution in [0.4, 0.5) is 0 Å². The first kappa shape index (κ1) is 17.9. The summed E-state index contributed by atoms with van der Waals surface area (Å²) in [4.78, 5) is 24.2. The number of methoxy groups -OCH3 is 1. The normalized spacial score (nSPS) is 10.6. The van der Waals surface area contributed by atoms with Crippen LogP contribution in [0.5, 0.6) is 0 Å². The van der Waals surface area contributed by atoms with Crippen molar-refractivity contribution in [2.45, 2.75) is 26.8 Å². The average molecular weight is 329 g/mol. The molecule has 128 valence electrons. The zero-order valence-electron chi connectivity index (χ0n) is 14.4. The van der Waals surface area contributed by atoms with E-state index in [0.29, 0.717) is 18.7 Å². The first-order chi connectivity index (χ1) is 11.5. The Hall–Kier alpha value is -2.40. The smallest absolute Gasteiger partial charge is 0.310 e. The zero-order valence-corrected chi connectivity index (χ0v) is 14.4. The number of rotatable bonds is 8. The number of benzene rings is 1. The molecule has 0 aliphatic rings. The van der Waals surface area contributed by atoms with Gasteiger partial charge in [-0.15, -0.1) is 0 Å². The summed E-state index contributed by atoms with van der Waals surface area (Å²) in [6.45, 7) is 4.87. The summed E-state index contributed by atoms with van der Waals surface area (Å²) in [5, 5.41) is 0. The number of hydrogen-bond acceptors (Lipinski definition) is 4. The van der Waals surface area contributed by atoms with Crippen LogP contribution in [0.3, 0.4) is 0 Å². The number of aryl methyl sites for hydroxylation is 1. The third kappa shape index (κ3) is 4.55. The summed E-state index contributed by atoms with van der Waals surface area (Å²) in [5.41, 5.74) is 3.32. The minimum Gasteiger partial charge on any atom is -0.457 e. The summed E-state index contributed by atoms with van der Waals surface area (Å²) in [6.07, 6.45) is 0.168. The summed E-state index contributed by atoms with van der Waals surface area (Å²) in [5.74, 6) is -0.587. The predicted molar refractivity (Wildman–Crippen MR) is 91.2 cm³/mol. The molecule has 5 nitrogen and oxygen atoms in total. The van der Waals surface area contributed by atoms with Gasteiger partial charge >= 0.3 is 5.97 Å². The van der Waals surface area contributed by atoms with E-state index in [2.05, 4.69) is 0 Å². The molecule has 2 rings (SSSR count). The van der Waals surface area contributed by atoms with Crippen molar-refractivity contribution < 1.29 is 19.1 Å². The van der Waals surface area contributed by atoms with E-state index in [-0.39, 0.29) is 18.8 Å². The van der Waals surface area contributed by atoms with Crippen molar-refractivity contribution >= 4 is 11.8 Å². The van der Waals surface area contributed by atoms with Gasteiger partial charge in [-0.05, 0) is 25.5 Å². The summed E-state index contributed by atoms with van der Waals surface area (Å²) in [7, 11) is 1.65. The second-order valence-electron chi connectivity index (χ2n) is 5.68. The Kier molecular flexibility index (Phi) is 6.32. The second-order valence-corrected chi connectivity index (χ2v) is 5.68. The number of ether oxygens (including phenoxy) is 2. The van der Waals surface area contributed by atoms with Gasteiger partial charge in [-0.2, -0.15) is 0 Å². The number of nitrogens with zero attached hydrogens (tertiary/aromatic N) is 1. The van der Waals surface area contributed by atoms with Gasteiger partial charge in [0.05, 0.1) is 13.0 Å². The Bertz CT molecular complexity index is 704. The molecular weight excluding hydrogens is 306 g/mol.